The number of hydrogen-bond acceptors (Lipinski definition) is 5. The van der Waals surface area contributed by atoms with E-state index in [1.165, 1.54) is 23.2 Å². The summed E-state index contributed by atoms with van der Waals surface area (Å²) in [5.41, 5.74) is 3.04. The first kappa shape index (κ1) is 16.4. The van der Waals surface area contributed by atoms with Gasteiger partial charge in [-0.15, -0.1) is 11.3 Å². The van der Waals surface area contributed by atoms with Crippen molar-refractivity contribution < 1.29 is 13.6 Å². The van der Waals surface area contributed by atoms with E-state index in [1.54, 1.807) is 29.4 Å². The van der Waals surface area contributed by atoms with Gasteiger partial charge in [0.1, 0.15) is 5.76 Å². The summed E-state index contributed by atoms with van der Waals surface area (Å²) in [4.78, 5) is 19.1. The summed E-state index contributed by atoms with van der Waals surface area (Å²) in [6.45, 7) is 2.33. The molecule has 6 heteroatoms. The molecule has 0 radical (unpaired) electrons. The molecule has 3 heterocycles. The number of furan rings is 2. The second-order valence-corrected chi connectivity index (χ2v) is 6.67. The van der Waals surface area contributed by atoms with Crippen LogP contribution in [-0.4, -0.2) is 10.9 Å². The van der Waals surface area contributed by atoms with Gasteiger partial charge in [-0.2, -0.15) is 0 Å². The van der Waals surface area contributed by atoms with Crippen molar-refractivity contribution in [1.82, 2.24) is 4.98 Å². The molecule has 0 aliphatic heterocycles. The zero-order valence-electron chi connectivity index (χ0n) is 14.1. The molecular formula is C20H16N2O3S. The average molecular weight is 364 g/mol. The minimum absolute atomic E-state index is 0.254. The van der Waals surface area contributed by atoms with Gasteiger partial charge in [0.25, 0.3) is 5.91 Å². The predicted octanol–water partition coefficient (Wildman–Crippen LogP) is 5.15. The van der Waals surface area contributed by atoms with Crippen molar-refractivity contribution in [2.24, 2.45) is 0 Å². The molecule has 3 aromatic heterocycles. The van der Waals surface area contributed by atoms with Gasteiger partial charge in [0.2, 0.25) is 0 Å². The number of benzene rings is 1. The number of rotatable bonds is 5. The van der Waals surface area contributed by atoms with Crippen LogP contribution in [0, 0.1) is 6.92 Å². The first-order valence-electron chi connectivity index (χ1n) is 8.11. The third-order valence-electron chi connectivity index (χ3n) is 3.94. The molecule has 130 valence electrons. The molecule has 0 spiro atoms. The van der Waals surface area contributed by atoms with Crippen molar-refractivity contribution in [1.29, 1.82) is 0 Å². The maximum Gasteiger partial charge on any atom is 0.296 e. The van der Waals surface area contributed by atoms with Crippen LogP contribution in [-0.2, 0) is 6.54 Å². The largest absolute Gasteiger partial charge is 0.467 e. The van der Waals surface area contributed by atoms with Crippen LogP contribution in [0.3, 0.4) is 0 Å². The number of hydrogen-bond donors (Lipinski definition) is 0. The van der Waals surface area contributed by atoms with Crippen molar-refractivity contribution in [2.75, 3.05) is 4.90 Å². The number of aromatic nitrogens is 1. The van der Waals surface area contributed by atoms with Crippen LogP contribution < -0.4 is 4.90 Å². The summed E-state index contributed by atoms with van der Waals surface area (Å²) >= 11 is 1.41. The van der Waals surface area contributed by atoms with Gasteiger partial charge in [0, 0.05) is 10.9 Å². The van der Waals surface area contributed by atoms with Crippen molar-refractivity contribution >= 4 is 22.4 Å². The van der Waals surface area contributed by atoms with Crippen LogP contribution in [0.5, 0.6) is 0 Å². The molecule has 5 nitrogen and oxygen atoms in total. The Morgan fingerprint density at radius 2 is 1.85 bits per heavy atom. The molecule has 0 bridgehead atoms. The Hall–Kier alpha value is -3.12. The number of carbonyl (C=O) groups excluding carboxylic acids is 1. The Morgan fingerprint density at radius 1 is 1.08 bits per heavy atom. The number of nitrogens with zero attached hydrogens (tertiary/aromatic N) is 2. The molecular weight excluding hydrogens is 348 g/mol. The fourth-order valence-electron chi connectivity index (χ4n) is 2.56. The average Bonchev–Trinajstić information content (AvgIpc) is 3.42. The van der Waals surface area contributed by atoms with Crippen molar-refractivity contribution in [3.05, 3.63) is 83.5 Å². The Morgan fingerprint density at radius 3 is 2.54 bits per heavy atom. The molecule has 0 saturated heterocycles. The summed E-state index contributed by atoms with van der Waals surface area (Å²) in [7, 11) is 0. The van der Waals surface area contributed by atoms with E-state index in [1.807, 2.05) is 42.6 Å². The lowest BCUT2D eigenvalue weighted by atomic mass is 10.1. The van der Waals surface area contributed by atoms with Crippen LogP contribution in [0.2, 0.25) is 0 Å². The van der Waals surface area contributed by atoms with Crippen molar-refractivity contribution in [3.8, 4) is 11.3 Å². The van der Waals surface area contributed by atoms with Gasteiger partial charge >= 0.3 is 0 Å². The lowest BCUT2D eigenvalue weighted by molar-refractivity contribution is 0.0956. The summed E-state index contributed by atoms with van der Waals surface area (Å²) in [5.74, 6) is 0.692. The van der Waals surface area contributed by atoms with Crippen molar-refractivity contribution in [2.45, 2.75) is 13.5 Å². The molecule has 1 amide bonds. The highest BCUT2D eigenvalue weighted by Crippen LogP contribution is 2.30. The Bertz CT molecular complexity index is 986. The number of aryl methyl sites for hydroxylation is 1. The van der Waals surface area contributed by atoms with Gasteiger partial charge in [0.05, 0.1) is 24.8 Å². The molecule has 0 aliphatic rings. The van der Waals surface area contributed by atoms with E-state index in [0.717, 1.165) is 11.3 Å². The van der Waals surface area contributed by atoms with E-state index in [0.29, 0.717) is 10.9 Å². The molecule has 0 atom stereocenters. The molecule has 0 saturated carbocycles. The zero-order chi connectivity index (χ0) is 17.9. The monoisotopic (exact) mass is 364 g/mol. The van der Waals surface area contributed by atoms with Crippen LogP contribution in [0.1, 0.15) is 21.9 Å². The quantitative estimate of drug-likeness (QED) is 0.491. The summed E-state index contributed by atoms with van der Waals surface area (Å²) < 4.78 is 10.7. The molecule has 4 aromatic rings. The lowest BCUT2D eigenvalue weighted by Gasteiger charge is -2.17. The summed E-state index contributed by atoms with van der Waals surface area (Å²) in [5, 5.41) is 2.54. The Labute approximate surface area is 154 Å². The number of amides is 1. The second-order valence-electron chi connectivity index (χ2n) is 5.83. The number of anilines is 1. The zero-order valence-corrected chi connectivity index (χ0v) is 14.9. The van der Waals surface area contributed by atoms with Crippen molar-refractivity contribution in [3.63, 3.8) is 0 Å². The van der Waals surface area contributed by atoms with Crippen LogP contribution in [0.4, 0.5) is 5.13 Å². The normalized spacial score (nSPS) is 10.8. The fraction of sp³-hybridized carbons (Fsp3) is 0.100. The van der Waals surface area contributed by atoms with Gasteiger partial charge in [-0.3, -0.25) is 9.69 Å². The van der Waals surface area contributed by atoms with Crippen LogP contribution in [0.15, 0.2) is 75.3 Å². The second kappa shape index (κ2) is 7.01. The Balaban J connectivity index is 1.67. The molecule has 26 heavy (non-hydrogen) atoms. The lowest BCUT2D eigenvalue weighted by Crippen LogP contribution is -2.29. The Kier molecular flexibility index (Phi) is 4.41. The maximum atomic E-state index is 12.9. The SMILES string of the molecule is Cc1ccc(-c2csc(N(Cc3ccco3)C(=O)c3ccco3)n2)cc1. The first-order valence-corrected chi connectivity index (χ1v) is 8.99. The standard InChI is InChI=1S/C20H16N2O3S/c1-14-6-8-15(9-7-14)17-13-26-20(21-17)22(12-16-4-2-10-24-16)19(23)18-5-3-11-25-18/h2-11,13H,12H2,1H3. The minimum atomic E-state index is -0.254. The highest BCUT2D eigenvalue weighted by atomic mass is 32.1. The highest BCUT2D eigenvalue weighted by Gasteiger charge is 2.24. The topological polar surface area (TPSA) is 59.5 Å². The van der Waals surface area contributed by atoms with Crippen LogP contribution >= 0.6 is 11.3 Å². The maximum absolute atomic E-state index is 12.9. The molecule has 4 rings (SSSR count). The number of carbonyl (C=O) groups is 1. The molecule has 0 unspecified atom stereocenters. The molecule has 1 aromatic carbocycles. The van der Waals surface area contributed by atoms with Gasteiger partial charge < -0.3 is 8.83 Å². The van der Waals surface area contributed by atoms with E-state index in [2.05, 4.69) is 4.98 Å². The molecule has 0 fully saturated rings. The van der Waals surface area contributed by atoms with Gasteiger partial charge in [-0.05, 0) is 31.2 Å². The predicted molar refractivity (Wildman–Crippen MR) is 100 cm³/mol. The van der Waals surface area contributed by atoms with Gasteiger partial charge in [0.15, 0.2) is 10.9 Å². The van der Waals surface area contributed by atoms with E-state index in [4.69, 9.17) is 8.83 Å². The molecule has 0 aliphatic carbocycles. The third kappa shape index (κ3) is 3.32. The minimum Gasteiger partial charge on any atom is -0.467 e. The summed E-state index contributed by atoms with van der Waals surface area (Å²) in [6, 6.07) is 15.1. The van der Waals surface area contributed by atoms with Gasteiger partial charge in [-0.25, -0.2) is 4.98 Å². The smallest absolute Gasteiger partial charge is 0.296 e. The third-order valence-corrected chi connectivity index (χ3v) is 4.81. The van der Waals surface area contributed by atoms with E-state index in [9.17, 15) is 4.79 Å². The van der Waals surface area contributed by atoms with E-state index < -0.39 is 0 Å². The summed E-state index contributed by atoms with van der Waals surface area (Å²) in [6.07, 6.45) is 3.07. The van der Waals surface area contributed by atoms with E-state index >= 15 is 0 Å². The fourth-order valence-corrected chi connectivity index (χ4v) is 3.39. The highest BCUT2D eigenvalue weighted by molar-refractivity contribution is 7.14. The van der Waals surface area contributed by atoms with Gasteiger partial charge in [-0.1, -0.05) is 29.8 Å². The first-order chi connectivity index (χ1) is 12.7. The van der Waals surface area contributed by atoms with Crippen LogP contribution in [0.25, 0.3) is 11.3 Å². The number of thiazole rings is 1. The van der Waals surface area contributed by atoms with E-state index in [-0.39, 0.29) is 18.2 Å². The molecule has 0 N–H and O–H groups in total.